The fraction of sp³-hybridized carbons (Fsp3) is 0. The van der Waals surface area contributed by atoms with Crippen LogP contribution in [-0.4, -0.2) is 15.0 Å². The lowest BCUT2D eigenvalue weighted by molar-refractivity contribution is 1.17. The van der Waals surface area contributed by atoms with Gasteiger partial charge in [-0.2, -0.15) is 0 Å². The van der Waals surface area contributed by atoms with Crippen molar-refractivity contribution in [3.05, 3.63) is 47.5 Å². The number of halogens is 1. The number of H-pyrrole nitrogens is 1. The molecule has 0 bridgehead atoms. The lowest BCUT2D eigenvalue weighted by atomic mass is 10.1. The first kappa shape index (κ1) is 9.54. The fourth-order valence-electron chi connectivity index (χ4n) is 1.75. The van der Waals surface area contributed by atoms with E-state index in [1.54, 1.807) is 12.5 Å². The normalized spacial score (nSPS) is 10.8. The summed E-state index contributed by atoms with van der Waals surface area (Å²) in [7, 11) is 0. The molecule has 78 valence electrons. The second-order valence-electron chi connectivity index (χ2n) is 3.49. The maximum Gasteiger partial charge on any atom is 0.116 e. The molecule has 16 heavy (non-hydrogen) atoms. The molecule has 0 aliphatic carbocycles. The quantitative estimate of drug-likeness (QED) is 0.739. The van der Waals surface area contributed by atoms with Gasteiger partial charge in [-0.1, -0.05) is 15.9 Å². The van der Waals surface area contributed by atoms with Gasteiger partial charge in [0, 0.05) is 33.3 Å². The first-order chi connectivity index (χ1) is 7.84. The summed E-state index contributed by atoms with van der Waals surface area (Å²) in [6.07, 6.45) is 5.28. The highest BCUT2D eigenvalue weighted by Crippen LogP contribution is 2.28. The molecule has 0 aliphatic rings. The maximum atomic E-state index is 4.25. The highest BCUT2D eigenvalue weighted by Gasteiger charge is 2.06. The Kier molecular flexibility index (Phi) is 2.22. The molecule has 0 atom stereocenters. The number of nitrogens with zero attached hydrogens (tertiary/aromatic N) is 2. The summed E-state index contributed by atoms with van der Waals surface area (Å²) < 4.78 is 1.06. The zero-order valence-corrected chi connectivity index (χ0v) is 9.90. The van der Waals surface area contributed by atoms with E-state index in [4.69, 9.17) is 0 Å². The Morgan fingerprint density at radius 3 is 2.94 bits per heavy atom. The number of fused-ring (bicyclic) bond motifs is 1. The average molecular weight is 274 g/mol. The number of rotatable bonds is 1. The third kappa shape index (κ3) is 1.51. The first-order valence-electron chi connectivity index (χ1n) is 4.87. The van der Waals surface area contributed by atoms with E-state index in [-0.39, 0.29) is 0 Å². The summed E-state index contributed by atoms with van der Waals surface area (Å²) in [6, 6.07) is 8.06. The molecular weight excluding hydrogens is 266 g/mol. The molecule has 0 unspecified atom stereocenters. The van der Waals surface area contributed by atoms with E-state index < -0.39 is 0 Å². The van der Waals surface area contributed by atoms with Gasteiger partial charge in [0.2, 0.25) is 0 Å². The fourth-order valence-corrected chi connectivity index (χ4v) is 2.12. The summed E-state index contributed by atoms with van der Waals surface area (Å²) in [5.41, 5.74) is 3.13. The standard InChI is InChI=1S/C12H8BrN3/c13-8-1-2-11-9(5-8)10(6-15-11)12-3-4-14-7-16-12/h1-7,15H. The van der Waals surface area contributed by atoms with Crippen molar-refractivity contribution < 1.29 is 0 Å². The van der Waals surface area contributed by atoms with Gasteiger partial charge in [-0.3, -0.25) is 0 Å². The zero-order valence-electron chi connectivity index (χ0n) is 8.31. The number of benzene rings is 1. The highest BCUT2D eigenvalue weighted by molar-refractivity contribution is 9.10. The first-order valence-corrected chi connectivity index (χ1v) is 5.67. The van der Waals surface area contributed by atoms with Crippen molar-refractivity contribution in [1.29, 1.82) is 0 Å². The second-order valence-corrected chi connectivity index (χ2v) is 4.40. The van der Waals surface area contributed by atoms with E-state index in [1.165, 1.54) is 0 Å². The van der Waals surface area contributed by atoms with Crippen LogP contribution >= 0.6 is 15.9 Å². The molecule has 4 heteroatoms. The zero-order chi connectivity index (χ0) is 11.0. The van der Waals surface area contributed by atoms with Crippen LogP contribution in [0.2, 0.25) is 0 Å². The van der Waals surface area contributed by atoms with Crippen molar-refractivity contribution in [1.82, 2.24) is 15.0 Å². The minimum Gasteiger partial charge on any atom is -0.360 e. The van der Waals surface area contributed by atoms with Gasteiger partial charge in [-0.15, -0.1) is 0 Å². The molecule has 0 amide bonds. The van der Waals surface area contributed by atoms with Gasteiger partial charge < -0.3 is 4.98 Å². The van der Waals surface area contributed by atoms with Crippen LogP contribution < -0.4 is 0 Å². The molecule has 0 fully saturated rings. The van der Waals surface area contributed by atoms with E-state index in [0.29, 0.717) is 0 Å². The van der Waals surface area contributed by atoms with E-state index >= 15 is 0 Å². The Labute approximate surface area is 101 Å². The molecule has 0 radical (unpaired) electrons. The Morgan fingerprint density at radius 2 is 2.12 bits per heavy atom. The van der Waals surface area contributed by atoms with Crippen LogP contribution in [0.5, 0.6) is 0 Å². The predicted molar refractivity (Wildman–Crippen MR) is 67.0 cm³/mol. The van der Waals surface area contributed by atoms with E-state index in [9.17, 15) is 0 Å². The van der Waals surface area contributed by atoms with Crippen molar-refractivity contribution in [2.24, 2.45) is 0 Å². The number of aromatic amines is 1. The van der Waals surface area contributed by atoms with Crippen LogP contribution in [0.1, 0.15) is 0 Å². The summed E-state index contributed by atoms with van der Waals surface area (Å²) in [5.74, 6) is 0. The molecule has 3 nitrogen and oxygen atoms in total. The van der Waals surface area contributed by atoms with Gasteiger partial charge >= 0.3 is 0 Å². The number of nitrogens with one attached hydrogen (secondary N) is 1. The Balaban J connectivity index is 2.29. The molecule has 1 N–H and O–H groups in total. The number of hydrogen-bond acceptors (Lipinski definition) is 2. The molecule has 1 aromatic carbocycles. The molecular formula is C12H8BrN3. The lowest BCUT2D eigenvalue weighted by Crippen LogP contribution is -1.81. The summed E-state index contributed by atoms with van der Waals surface area (Å²) in [6.45, 7) is 0. The van der Waals surface area contributed by atoms with Crippen LogP contribution in [0.25, 0.3) is 22.2 Å². The second kappa shape index (κ2) is 3.72. The average Bonchev–Trinajstić information content (AvgIpc) is 2.73. The minimum absolute atomic E-state index is 0.930. The van der Waals surface area contributed by atoms with Crippen LogP contribution in [0.3, 0.4) is 0 Å². The topological polar surface area (TPSA) is 41.6 Å². The molecule has 0 saturated carbocycles. The van der Waals surface area contributed by atoms with Gasteiger partial charge in [0.05, 0.1) is 5.69 Å². The van der Waals surface area contributed by atoms with Crippen LogP contribution in [0, 0.1) is 0 Å². The lowest BCUT2D eigenvalue weighted by Gasteiger charge is -1.97. The molecule has 0 spiro atoms. The van der Waals surface area contributed by atoms with Crippen molar-refractivity contribution >= 4 is 26.8 Å². The summed E-state index contributed by atoms with van der Waals surface area (Å²) >= 11 is 3.48. The third-order valence-electron chi connectivity index (χ3n) is 2.50. The third-order valence-corrected chi connectivity index (χ3v) is 2.99. The van der Waals surface area contributed by atoms with E-state index in [1.807, 2.05) is 24.4 Å². The van der Waals surface area contributed by atoms with Crippen molar-refractivity contribution in [2.75, 3.05) is 0 Å². The largest absolute Gasteiger partial charge is 0.360 e. The maximum absolute atomic E-state index is 4.25. The van der Waals surface area contributed by atoms with Gasteiger partial charge in [-0.25, -0.2) is 9.97 Å². The van der Waals surface area contributed by atoms with Crippen molar-refractivity contribution in [2.45, 2.75) is 0 Å². The Bertz CT molecular complexity index is 631. The monoisotopic (exact) mass is 273 g/mol. The number of hydrogen-bond donors (Lipinski definition) is 1. The van der Waals surface area contributed by atoms with Crippen LogP contribution in [0.4, 0.5) is 0 Å². The molecule has 3 aromatic rings. The minimum atomic E-state index is 0.930. The van der Waals surface area contributed by atoms with Crippen LogP contribution in [0.15, 0.2) is 47.5 Å². The Morgan fingerprint density at radius 1 is 1.19 bits per heavy atom. The van der Waals surface area contributed by atoms with Gasteiger partial charge in [0.1, 0.15) is 6.33 Å². The smallest absolute Gasteiger partial charge is 0.116 e. The molecule has 3 rings (SSSR count). The molecule has 0 saturated heterocycles. The van der Waals surface area contributed by atoms with Crippen molar-refractivity contribution in [3.63, 3.8) is 0 Å². The van der Waals surface area contributed by atoms with Crippen LogP contribution in [-0.2, 0) is 0 Å². The van der Waals surface area contributed by atoms with Crippen molar-refractivity contribution in [3.8, 4) is 11.3 Å². The summed E-state index contributed by atoms with van der Waals surface area (Å²) in [4.78, 5) is 11.4. The van der Waals surface area contributed by atoms with E-state index in [0.717, 1.165) is 26.6 Å². The number of aromatic nitrogens is 3. The summed E-state index contributed by atoms with van der Waals surface area (Å²) in [5, 5.41) is 1.16. The Hall–Kier alpha value is -1.68. The molecule has 2 heterocycles. The predicted octanol–water partition coefficient (Wildman–Crippen LogP) is 3.39. The van der Waals surface area contributed by atoms with Gasteiger partial charge in [-0.05, 0) is 24.3 Å². The molecule has 2 aromatic heterocycles. The van der Waals surface area contributed by atoms with Gasteiger partial charge in [0.25, 0.3) is 0 Å². The van der Waals surface area contributed by atoms with Gasteiger partial charge in [0.15, 0.2) is 0 Å². The SMILES string of the molecule is Brc1ccc2[nH]cc(-c3ccncn3)c2c1. The molecule has 0 aliphatic heterocycles. The highest BCUT2D eigenvalue weighted by atomic mass is 79.9. The van der Waals surface area contributed by atoms with E-state index in [2.05, 4.69) is 36.9 Å².